The van der Waals surface area contributed by atoms with Crippen LogP contribution >= 0.6 is 0 Å². The van der Waals surface area contributed by atoms with Gasteiger partial charge >= 0.3 is 12.4 Å². The smallest absolute Gasteiger partial charge is 0.434 e. The Balaban J connectivity index is 2.21. The summed E-state index contributed by atoms with van der Waals surface area (Å²) in [5.74, 6) is -0.924. The molecule has 1 atom stereocenters. The molecule has 1 aromatic heterocycles. The predicted octanol–water partition coefficient (Wildman–Crippen LogP) is 4.95. The number of hydrogen-bond acceptors (Lipinski definition) is 4. The van der Waals surface area contributed by atoms with Crippen LogP contribution in [0.4, 0.5) is 26.3 Å². The van der Waals surface area contributed by atoms with E-state index in [0.29, 0.717) is 0 Å². The maximum atomic E-state index is 12.7. The Morgan fingerprint density at radius 3 is 1.79 bits per heavy atom. The van der Waals surface area contributed by atoms with Gasteiger partial charge < -0.3 is 9.47 Å². The molecule has 0 N–H and O–H groups in total. The Hall–Kier alpha value is -2.72. The summed E-state index contributed by atoms with van der Waals surface area (Å²) in [6, 6.07) is 4.01. The summed E-state index contributed by atoms with van der Waals surface area (Å²) in [5.41, 5.74) is -0.787. The van der Waals surface area contributed by atoms with Crippen LogP contribution in [0.25, 0.3) is 0 Å². The first-order valence-corrected chi connectivity index (χ1v) is 8.28. The highest BCUT2D eigenvalue weighted by Crippen LogP contribution is 2.37. The van der Waals surface area contributed by atoms with Gasteiger partial charge in [-0.25, -0.2) is 4.98 Å². The molecule has 0 aliphatic rings. The van der Waals surface area contributed by atoms with E-state index in [-0.39, 0.29) is 11.5 Å². The minimum absolute atomic E-state index is 0.0456. The van der Waals surface area contributed by atoms with E-state index in [4.69, 9.17) is 4.74 Å². The normalized spacial score (nSPS) is 14.0. The summed E-state index contributed by atoms with van der Waals surface area (Å²) < 4.78 is 86.7. The number of Topliss-reactive ketones (excluding diaryl/α,β-unsaturated/α-hetero) is 1. The van der Waals surface area contributed by atoms with Gasteiger partial charge in [0, 0.05) is 17.8 Å². The molecule has 0 bridgehead atoms. The highest BCUT2D eigenvalue weighted by molar-refractivity contribution is 5.86. The largest absolute Gasteiger partial charge is 0.471 e. The lowest BCUT2D eigenvalue weighted by atomic mass is 9.89. The Kier molecular flexibility index (Phi) is 6.19. The zero-order chi connectivity index (χ0) is 22.0. The number of nitrogens with zero attached hydrogens (tertiary/aromatic N) is 2. The van der Waals surface area contributed by atoms with E-state index in [1.54, 1.807) is 20.8 Å². The van der Waals surface area contributed by atoms with Crippen molar-refractivity contribution < 1.29 is 40.6 Å². The summed E-state index contributed by atoms with van der Waals surface area (Å²) in [4.78, 5) is 16.5. The SMILES string of the molecule is CC(C)(C)C(=O)C(Oc1ccc(OC(C(F)(F)F)C(F)(F)F)cc1)n1ccnc1. The first kappa shape index (κ1) is 22.6. The topological polar surface area (TPSA) is 53.4 Å². The maximum absolute atomic E-state index is 12.7. The van der Waals surface area contributed by atoms with Crippen LogP contribution in [0.15, 0.2) is 43.0 Å². The van der Waals surface area contributed by atoms with Crippen LogP contribution in [0.1, 0.15) is 27.0 Å². The molecule has 0 saturated heterocycles. The van der Waals surface area contributed by atoms with Crippen molar-refractivity contribution in [2.75, 3.05) is 0 Å². The van der Waals surface area contributed by atoms with Gasteiger partial charge in [-0.05, 0) is 24.3 Å². The van der Waals surface area contributed by atoms with Crippen LogP contribution in [0.5, 0.6) is 11.5 Å². The summed E-state index contributed by atoms with van der Waals surface area (Å²) in [7, 11) is 0. The number of benzene rings is 1. The van der Waals surface area contributed by atoms with Crippen LogP contribution < -0.4 is 9.47 Å². The average molecular weight is 424 g/mol. The van der Waals surface area contributed by atoms with Gasteiger partial charge in [0.15, 0.2) is 5.78 Å². The van der Waals surface area contributed by atoms with E-state index in [0.717, 1.165) is 24.3 Å². The number of carbonyl (C=O) groups is 1. The predicted molar refractivity (Wildman–Crippen MR) is 89.3 cm³/mol. The third kappa shape index (κ3) is 5.88. The molecule has 29 heavy (non-hydrogen) atoms. The minimum atomic E-state index is -5.63. The first-order valence-electron chi connectivity index (χ1n) is 8.28. The van der Waals surface area contributed by atoms with E-state index in [1.165, 1.54) is 23.3 Å². The number of halogens is 6. The van der Waals surface area contributed by atoms with Crippen LogP contribution in [-0.2, 0) is 4.79 Å². The number of hydrogen-bond donors (Lipinski definition) is 0. The van der Waals surface area contributed by atoms with Crippen molar-refractivity contribution in [2.45, 2.75) is 45.5 Å². The molecular weight excluding hydrogens is 406 g/mol. The van der Waals surface area contributed by atoms with E-state index < -0.39 is 35.8 Å². The number of carbonyl (C=O) groups excluding carboxylic acids is 1. The third-order valence-corrected chi connectivity index (χ3v) is 3.68. The third-order valence-electron chi connectivity index (χ3n) is 3.68. The molecule has 0 fully saturated rings. The van der Waals surface area contributed by atoms with Crippen molar-refractivity contribution in [2.24, 2.45) is 5.41 Å². The molecule has 1 unspecified atom stereocenters. The Bertz CT molecular complexity index is 794. The molecule has 0 spiro atoms. The fourth-order valence-electron chi connectivity index (χ4n) is 2.21. The molecular formula is C18H18F6N2O3. The van der Waals surface area contributed by atoms with Crippen molar-refractivity contribution >= 4 is 5.78 Å². The molecule has 0 aliphatic heterocycles. The first-order chi connectivity index (χ1) is 13.2. The lowest BCUT2D eigenvalue weighted by Crippen LogP contribution is -2.46. The van der Waals surface area contributed by atoms with Gasteiger partial charge in [0.25, 0.3) is 6.10 Å². The second-order valence-electron chi connectivity index (χ2n) is 7.15. The van der Waals surface area contributed by atoms with Crippen molar-refractivity contribution in [3.05, 3.63) is 43.0 Å². The lowest BCUT2D eigenvalue weighted by Gasteiger charge is -2.26. The van der Waals surface area contributed by atoms with E-state index in [2.05, 4.69) is 9.72 Å². The second kappa shape index (κ2) is 7.96. The van der Waals surface area contributed by atoms with Crippen molar-refractivity contribution in [1.82, 2.24) is 9.55 Å². The van der Waals surface area contributed by atoms with Gasteiger partial charge in [-0.3, -0.25) is 9.36 Å². The summed E-state index contributed by atoms with van der Waals surface area (Å²) in [6.45, 7) is 5.02. The molecule has 0 aliphatic carbocycles. The monoisotopic (exact) mass is 424 g/mol. The van der Waals surface area contributed by atoms with Gasteiger partial charge in [-0.15, -0.1) is 0 Å². The molecule has 0 amide bonds. The number of ether oxygens (including phenoxy) is 2. The maximum Gasteiger partial charge on any atom is 0.434 e. The fraction of sp³-hybridized carbons (Fsp3) is 0.444. The Labute approximate surface area is 162 Å². The van der Waals surface area contributed by atoms with Gasteiger partial charge in [-0.1, -0.05) is 20.8 Å². The van der Waals surface area contributed by atoms with Gasteiger partial charge in [0.1, 0.15) is 11.5 Å². The molecule has 2 aromatic rings. The van der Waals surface area contributed by atoms with E-state index in [9.17, 15) is 31.1 Å². The van der Waals surface area contributed by atoms with Crippen LogP contribution in [0.2, 0.25) is 0 Å². The van der Waals surface area contributed by atoms with Gasteiger partial charge in [0.2, 0.25) is 6.23 Å². The lowest BCUT2D eigenvalue weighted by molar-refractivity contribution is -0.299. The summed E-state index contributed by atoms with van der Waals surface area (Å²) in [6.07, 6.45) is -12.1. The molecule has 0 saturated carbocycles. The average Bonchev–Trinajstić information content (AvgIpc) is 3.09. The highest BCUT2D eigenvalue weighted by Gasteiger charge is 2.59. The van der Waals surface area contributed by atoms with Crippen LogP contribution in [-0.4, -0.2) is 33.8 Å². The number of rotatable bonds is 6. The molecule has 1 aromatic carbocycles. The minimum Gasteiger partial charge on any atom is -0.471 e. The van der Waals surface area contributed by atoms with Gasteiger partial charge in [0.05, 0.1) is 6.33 Å². The standard InChI is InChI=1S/C18H18F6N2O3/c1-16(2,3)13(27)14(26-9-8-25-10-26)28-11-4-6-12(7-5-11)29-15(17(19,20)21)18(22,23)24/h4-10,14-15H,1-3H3. The van der Waals surface area contributed by atoms with Crippen LogP contribution in [0, 0.1) is 5.41 Å². The molecule has 2 rings (SSSR count). The van der Waals surface area contributed by atoms with Crippen molar-refractivity contribution in [3.63, 3.8) is 0 Å². The van der Waals surface area contributed by atoms with Crippen molar-refractivity contribution in [3.8, 4) is 11.5 Å². The zero-order valence-electron chi connectivity index (χ0n) is 15.6. The number of imidazole rings is 1. The number of aromatic nitrogens is 2. The van der Waals surface area contributed by atoms with Gasteiger partial charge in [-0.2, -0.15) is 26.3 Å². The Morgan fingerprint density at radius 2 is 1.41 bits per heavy atom. The van der Waals surface area contributed by atoms with E-state index in [1.807, 2.05) is 0 Å². The van der Waals surface area contributed by atoms with Crippen molar-refractivity contribution in [1.29, 1.82) is 0 Å². The fourth-order valence-corrected chi connectivity index (χ4v) is 2.21. The zero-order valence-corrected chi connectivity index (χ0v) is 15.6. The molecule has 0 radical (unpaired) electrons. The highest BCUT2D eigenvalue weighted by atomic mass is 19.4. The number of ketones is 1. The number of alkyl halides is 6. The van der Waals surface area contributed by atoms with Crippen LogP contribution in [0.3, 0.4) is 0 Å². The molecule has 160 valence electrons. The Morgan fingerprint density at radius 1 is 0.931 bits per heavy atom. The molecule has 11 heteroatoms. The summed E-state index contributed by atoms with van der Waals surface area (Å²) >= 11 is 0. The summed E-state index contributed by atoms with van der Waals surface area (Å²) in [5, 5.41) is 0. The molecule has 5 nitrogen and oxygen atoms in total. The molecule has 1 heterocycles. The van der Waals surface area contributed by atoms with E-state index >= 15 is 0 Å². The second-order valence-corrected chi connectivity index (χ2v) is 7.15. The quantitative estimate of drug-likeness (QED) is 0.616.